The molecule has 2 aromatic carbocycles. The van der Waals surface area contributed by atoms with Crippen molar-refractivity contribution < 1.29 is 9.66 Å². The molecule has 0 bridgehead atoms. The van der Waals surface area contributed by atoms with E-state index in [0.717, 1.165) is 16.9 Å². The minimum atomic E-state index is -0.436. The molecule has 3 aromatic rings. The molecule has 0 spiro atoms. The van der Waals surface area contributed by atoms with E-state index < -0.39 is 4.92 Å². The van der Waals surface area contributed by atoms with Gasteiger partial charge >= 0.3 is 0 Å². The van der Waals surface area contributed by atoms with Crippen molar-refractivity contribution in [2.24, 2.45) is 0 Å². The van der Waals surface area contributed by atoms with Crippen molar-refractivity contribution in [3.8, 4) is 17.0 Å². The number of methoxy groups -OCH3 is 1. The lowest BCUT2D eigenvalue weighted by molar-refractivity contribution is -0.384. The summed E-state index contributed by atoms with van der Waals surface area (Å²) in [6.07, 6.45) is 0. The van der Waals surface area contributed by atoms with Crippen LogP contribution in [-0.4, -0.2) is 22.0 Å². The van der Waals surface area contributed by atoms with E-state index in [1.807, 2.05) is 31.2 Å². The molecule has 7 nitrogen and oxygen atoms in total. The largest absolute Gasteiger partial charge is 0.497 e. The second-order valence-corrected chi connectivity index (χ2v) is 6.74. The zero-order valence-electron chi connectivity index (χ0n) is 14.9. The van der Waals surface area contributed by atoms with Crippen molar-refractivity contribution in [3.63, 3.8) is 0 Å². The zero-order chi connectivity index (χ0) is 19.4. The number of rotatable bonds is 6. The van der Waals surface area contributed by atoms with E-state index in [2.05, 4.69) is 9.97 Å². The first-order valence-corrected chi connectivity index (χ1v) is 9.11. The van der Waals surface area contributed by atoms with Gasteiger partial charge in [0.1, 0.15) is 5.75 Å². The minimum absolute atomic E-state index is 0.0252. The Balaban J connectivity index is 1.83. The molecule has 0 saturated heterocycles. The lowest BCUT2D eigenvalue weighted by Gasteiger charge is -2.10. The average molecular weight is 382 g/mol. The number of nitrogens with two attached hydrogens (primary N) is 1. The molecule has 0 saturated carbocycles. The molecule has 1 aromatic heterocycles. The molecular weight excluding hydrogens is 364 g/mol. The predicted octanol–water partition coefficient (Wildman–Crippen LogP) is 4.24. The van der Waals surface area contributed by atoms with Gasteiger partial charge in [-0.3, -0.25) is 10.1 Å². The smallest absolute Gasteiger partial charge is 0.269 e. The van der Waals surface area contributed by atoms with Crippen molar-refractivity contribution in [3.05, 3.63) is 69.9 Å². The maximum Gasteiger partial charge on any atom is 0.269 e. The van der Waals surface area contributed by atoms with Crippen LogP contribution in [0.5, 0.6) is 5.75 Å². The maximum absolute atomic E-state index is 10.8. The number of ether oxygens (including phenoxy) is 1. The normalized spacial score (nSPS) is 10.6. The number of nitro groups is 1. The molecule has 0 radical (unpaired) electrons. The van der Waals surface area contributed by atoms with E-state index >= 15 is 0 Å². The summed E-state index contributed by atoms with van der Waals surface area (Å²) in [6.45, 7) is 1.82. The van der Waals surface area contributed by atoms with Crippen LogP contribution in [-0.2, 0) is 5.75 Å². The number of aryl methyl sites for hydroxylation is 1. The summed E-state index contributed by atoms with van der Waals surface area (Å²) in [7, 11) is 1.63. The van der Waals surface area contributed by atoms with Gasteiger partial charge in [-0.2, -0.15) is 0 Å². The van der Waals surface area contributed by atoms with E-state index in [4.69, 9.17) is 10.5 Å². The molecule has 3 rings (SSSR count). The van der Waals surface area contributed by atoms with Gasteiger partial charge in [0, 0.05) is 23.4 Å². The second kappa shape index (κ2) is 8.05. The molecular formula is C19H18N4O3S. The lowest BCUT2D eigenvalue weighted by Crippen LogP contribution is -2.02. The van der Waals surface area contributed by atoms with Crippen LogP contribution in [0.3, 0.4) is 0 Å². The van der Waals surface area contributed by atoms with Gasteiger partial charge in [0.05, 0.1) is 29.1 Å². The third-order valence-electron chi connectivity index (χ3n) is 3.99. The molecule has 0 aliphatic heterocycles. The fraction of sp³-hybridized carbons (Fsp3) is 0.158. The van der Waals surface area contributed by atoms with Crippen LogP contribution in [0.1, 0.15) is 11.3 Å². The molecule has 2 N–H and O–H groups in total. The summed E-state index contributed by atoms with van der Waals surface area (Å²) in [5.74, 6) is 1.51. The van der Waals surface area contributed by atoms with Gasteiger partial charge in [0.15, 0.2) is 5.16 Å². The number of hydrogen-bond donors (Lipinski definition) is 1. The number of aromatic nitrogens is 2. The first-order valence-electron chi connectivity index (χ1n) is 8.12. The molecule has 0 atom stereocenters. The zero-order valence-corrected chi connectivity index (χ0v) is 15.7. The van der Waals surface area contributed by atoms with E-state index in [1.54, 1.807) is 19.2 Å². The van der Waals surface area contributed by atoms with Crippen LogP contribution in [0.25, 0.3) is 11.3 Å². The number of nitrogens with zero attached hydrogens (tertiary/aromatic N) is 3. The van der Waals surface area contributed by atoms with Gasteiger partial charge < -0.3 is 10.5 Å². The molecule has 0 aliphatic rings. The molecule has 0 aliphatic carbocycles. The summed E-state index contributed by atoms with van der Waals surface area (Å²) >= 11 is 1.50. The number of hydrogen-bond acceptors (Lipinski definition) is 7. The number of nitrogen functional groups attached to an aromatic ring is 1. The topological polar surface area (TPSA) is 104 Å². The Morgan fingerprint density at radius 1 is 1.11 bits per heavy atom. The first-order chi connectivity index (χ1) is 13.0. The Bertz CT molecular complexity index is 960. The van der Waals surface area contributed by atoms with Crippen molar-refractivity contribution in [2.75, 3.05) is 12.8 Å². The molecule has 8 heteroatoms. The summed E-state index contributed by atoms with van der Waals surface area (Å²) in [6, 6.07) is 14.0. The number of benzene rings is 2. The highest BCUT2D eigenvalue weighted by Gasteiger charge is 2.13. The maximum atomic E-state index is 10.8. The molecule has 0 amide bonds. The van der Waals surface area contributed by atoms with Crippen molar-refractivity contribution in [1.82, 2.24) is 9.97 Å². The Morgan fingerprint density at radius 3 is 2.37 bits per heavy atom. The van der Waals surface area contributed by atoms with Crippen LogP contribution >= 0.6 is 11.8 Å². The first kappa shape index (κ1) is 18.7. The monoisotopic (exact) mass is 382 g/mol. The predicted molar refractivity (Wildman–Crippen MR) is 106 cm³/mol. The fourth-order valence-corrected chi connectivity index (χ4v) is 3.30. The van der Waals surface area contributed by atoms with E-state index in [1.165, 1.54) is 23.9 Å². The second-order valence-electron chi connectivity index (χ2n) is 5.79. The van der Waals surface area contributed by atoms with Crippen molar-refractivity contribution in [1.29, 1.82) is 0 Å². The van der Waals surface area contributed by atoms with Gasteiger partial charge in [-0.25, -0.2) is 9.97 Å². The Kier molecular flexibility index (Phi) is 5.56. The summed E-state index contributed by atoms with van der Waals surface area (Å²) in [4.78, 5) is 19.4. The standard InChI is InChI=1S/C19H18N4O3S/c1-12-17(20)18(14-5-7-15(8-6-14)23(24)25)22-19(21-12)27-11-13-3-9-16(26-2)10-4-13/h3-10H,11,20H2,1-2H3. The number of non-ortho nitro benzene ring substituents is 1. The summed E-state index contributed by atoms with van der Waals surface area (Å²) < 4.78 is 5.16. The molecule has 27 heavy (non-hydrogen) atoms. The Labute approximate surface area is 160 Å². The third-order valence-corrected chi connectivity index (χ3v) is 4.91. The van der Waals surface area contributed by atoms with Gasteiger partial charge in [-0.15, -0.1) is 0 Å². The van der Waals surface area contributed by atoms with Crippen LogP contribution < -0.4 is 10.5 Å². The minimum Gasteiger partial charge on any atom is -0.497 e. The molecule has 0 unspecified atom stereocenters. The SMILES string of the molecule is COc1ccc(CSc2nc(C)c(N)c(-c3ccc([N+](=O)[O-])cc3)n2)cc1. The van der Waals surface area contributed by atoms with Crippen molar-refractivity contribution >= 4 is 23.1 Å². The fourth-order valence-electron chi connectivity index (χ4n) is 2.45. The third kappa shape index (κ3) is 4.35. The van der Waals surface area contributed by atoms with Gasteiger partial charge in [0.25, 0.3) is 5.69 Å². The number of nitro benzene ring substituents is 1. The highest BCUT2D eigenvalue weighted by atomic mass is 32.2. The molecule has 1 heterocycles. The van der Waals surface area contributed by atoms with Gasteiger partial charge in [-0.05, 0) is 36.8 Å². The highest BCUT2D eigenvalue weighted by Crippen LogP contribution is 2.30. The van der Waals surface area contributed by atoms with E-state index in [9.17, 15) is 10.1 Å². The molecule has 138 valence electrons. The quantitative estimate of drug-likeness (QED) is 0.294. The molecule has 0 fully saturated rings. The van der Waals surface area contributed by atoms with Gasteiger partial charge in [-0.1, -0.05) is 23.9 Å². The Morgan fingerprint density at radius 2 is 1.78 bits per heavy atom. The van der Waals surface area contributed by atoms with Crippen molar-refractivity contribution in [2.45, 2.75) is 17.8 Å². The number of anilines is 1. The highest BCUT2D eigenvalue weighted by molar-refractivity contribution is 7.98. The van der Waals surface area contributed by atoms with E-state index in [-0.39, 0.29) is 5.69 Å². The summed E-state index contributed by atoms with van der Waals surface area (Å²) in [5, 5.41) is 11.4. The van der Waals surface area contributed by atoms with Crippen LogP contribution in [0.2, 0.25) is 0 Å². The van der Waals surface area contributed by atoms with Gasteiger partial charge in [0.2, 0.25) is 0 Å². The Hall–Kier alpha value is -3.13. The number of thioether (sulfide) groups is 1. The van der Waals surface area contributed by atoms with E-state index in [0.29, 0.717) is 28.0 Å². The average Bonchev–Trinajstić information content (AvgIpc) is 2.69. The lowest BCUT2D eigenvalue weighted by atomic mass is 10.1. The van der Waals surface area contributed by atoms with Crippen LogP contribution in [0, 0.1) is 17.0 Å². The summed E-state index contributed by atoms with van der Waals surface area (Å²) in [5.41, 5.74) is 9.73. The van der Waals surface area contributed by atoms with Crippen LogP contribution in [0.4, 0.5) is 11.4 Å². The van der Waals surface area contributed by atoms with Crippen LogP contribution in [0.15, 0.2) is 53.7 Å².